The van der Waals surface area contributed by atoms with Crippen molar-refractivity contribution in [3.63, 3.8) is 0 Å². The first-order chi connectivity index (χ1) is 10.4. The molecule has 0 amide bonds. The minimum absolute atomic E-state index is 0.526. The van der Waals surface area contributed by atoms with Gasteiger partial charge in [0.25, 0.3) is 0 Å². The molecule has 0 aromatic carbocycles. The molecule has 0 aliphatic carbocycles. The molecule has 2 heterocycles. The maximum Gasteiger partial charge on any atom is 0.191 e. The van der Waals surface area contributed by atoms with E-state index in [4.69, 9.17) is 9.15 Å². The summed E-state index contributed by atoms with van der Waals surface area (Å²) in [7, 11) is 1.77. The van der Waals surface area contributed by atoms with Gasteiger partial charge in [0, 0.05) is 25.1 Å². The molecule has 0 spiro atoms. The van der Waals surface area contributed by atoms with Crippen LogP contribution in [0.2, 0.25) is 0 Å². The Morgan fingerprint density at radius 3 is 3.00 bits per heavy atom. The molecule has 0 aliphatic heterocycles. The number of ether oxygens (including phenoxy) is 1. The van der Waals surface area contributed by atoms with Crippen LogP contribution in [0.15, 0.2) is 45.3 Å². The fourth-order valence-corrected chi connectivity index (χ4v) is 2.40. The van der Waals surface area contributed by atoms with Crippen molar-refractivity contribution in [2.24, 2.45) is 4.99 Å². The fourth-order valence-electron chi connectivity index (χ4n) is 1.75. The minimum atomic E-state index is 0.526. The van der Waals surface area contributed by atoms with Crippen molar-refractivity contribution in [3.8, 4) is 0 Å². The highest BCUT2D eigenvalue weighted by atomic mass is 32.1. The van der Waals surface area contributed by atoms with Crippen LogP contribution in [-0.2, 0) is 17.9 Å². The van der Waals surface area contributed by atoms with Crippen molar-refractivity contribution >= 4 is 17.3 Å². The van der Waals surface area contributed by atoms with Gasteiger partial charge in [-0.15, -0.1) is 11.3 Å². The van der Waals surface area contributed by atoms with E-state index in [0.717, 1.165) is 31.2 Å². The molecule has 0 aliphatic rings. The molecule has 0 unspecified atom stereocenters. The zero-order valence-corrected chi connectivity index (χ0v) is 13.0. The third kappa shape index (κ3) is 6.01. The molecule has 2 aromatic heterocycles. The number of furan rings is 1. The van der Waals surface area contributed by atoms with E-state index in [9.17, 15) is 0 Å². The van der Waals surface area contributed by atoms with Gasteiger partial charge < -0.3 is 19.8 Å². The Bertz CT molecular complexity index is 509. The second kappa shape index (κ2) is 9.20. The zero-order valence-electron chi connectivity index (χ0n) is 12.2. The predicted octanol–water partition coefficient (Wildman–Crippen LogP) is 2.61. The van der Waals surface area contributed by atoms with Crippen molar-refractivity contribution < 1.29 is 9.15 Å². The van der Waals surface area contributed by atoms with Gasteiger partial charge in [0.2, 0.25) is 0 Å². The molecule has 0 saturated heterocycles. The van der Waals surface area contributed by atoms with Crippen molar-refractivity contribution in [2.45, 2.75) is 19.6 Å². The van der Waals surface area contributed by atoms with Crippen LogP contribution in [0.1, 0.15) is 17.1 Å². The van der Waals surface area contributed by atoms with Gasteiger partial charge in [0.15, 0.2) is 5.96 Å². The van der Waals surface area contributed by atoms with E-state index < -0.39 is 0 Å². The van der Waals surface area contributed by atoms with E-state index in [-0.39, 0.29) is 0 Å². The van der Waals surface area contributed by atoms with E-state index >= 15 is 0 Å². The van der Waals surface area contributed by atoms with Crippen LogP contribution in [0.25, 0.3) is 0 Å². The van der Waals surface area contributed by atoms with Gasteiger partial charge in [-0.05, 0) is 30.0 Å². The molecule has 0 fully saturated rings. The standard InChI is InChI=1S/C15H21N3O2S/c1-16-15(18-11-14-6-3-10-21-14)17-7-4-8-19-12-13-5-2-9-20-13/h2-3,5-6,9-10H,4,7-8,11-12H2,1H3,(H2,16,17,18). The summed E-state index contributed by atoms with van der Waals surface area (Å²) < 4.78 is 10.7. The molecule has 0 saturated carbocycles. The van der Waals surface area contributed by atoms with Gasteiger partial charge in [-0.1, -0.05) is 6.07 Å². The highest BCUT2D eigenvalue weighted by Crippen LogP contribution is 2.07. The first-order valence-electron chi connectivity index (χ1n) is 6.95. The fraction of sp³-hybridized carbons (Fsp3) is 0.400. The highest BCUT2D eigenvalue weighted by Gasteiger charge is 1.99. The summed E-state index contributed by atoms with van der Waals surface area (Å²) in [6, 6.07) is 7.93. The second-order valence-corrected chi connectivity index (χ2v) is 5.45. The number of hydrogen-bond donors (Lipinski definition) is 2. The lowest BCUT2D eigenvalue weighted by Gasteiger charge is -2.11. The Kier molecular flexibility index (Phi) is 6.83. The van der Waals surface area contributed by atoms with Crippen LogP contribution < -0.4 is 10.6 Å². The molecular formula is C15H21N3O2S. The first-order valence-corrected chi connectivity index (χ1v) is 7.83. The SMILES string of the molecule is CN=C(NCCCOCc1ccco1)NCc1cccs1. The molecule has 114 valence electrons. The summed E-state index contributed by atoms with van der Waals surface area (Å²) in [6.07, 6.45) is 2.57. The number of nitrogens with zero attached hydrogens (tertiary/aromatic N) is 1. The van der Waals surface area contributed by atoms with Gasteiger partial charge in [0.05, 0.1) is 12.8 Å². The van der Waals surface area contributed by atoms with Crippen LogP contribution in [0, 0.1) is 0 Å². The lowest BCUT2D eigenvalue weighted by atomic mass is 10.4. The molecule has 0 bridgehead atoms. The number of guanidine groups is 1. The molecule has 0 radical (unpaired) electrons. The van der Waals surface area contributed by atoms with Gasteiger partial charge in [0.1, 0.15) is 12.4 Å². The molecule has 2 N–H and O–H groups in total. The molecule has 2 rings (SSSR count). The molecule has 2 aromatic rings. The average Bonchev–Trinajstić information content (AvgIpc) is 3.19. The van der Waals surface area contributed by atoms with E-state index in [1.807, 2.05) is 18.2 Å². The van der Waals surface area contributed by atoms with Gasteiger partial charge >= 0.3 is 0 Å². The summed E-state index contributed by atoms with van der Waals surface area (Å²) in [6.45, 7) is 2.84. The summed E-state index contributed by atoms with van der Waals surface area (Å²) in [5.74, 6) is 1.67. The maximum absolute atomic E-state index is 5.52. The lowest BCUT2D eigenvalue weighted by Crippen LogP contribution is -2.37. The van der Waals surface area contributed by atoms with Crippen LogP contribution >= 0.6 is 11.3 Å². The van der Waals surface area contributed by atoms with E-state index in [1.165, 1.54) is 4.88 Å². The third-order valence-electron chi connectivity index (χ3n) is 2.82. The average molecular weight is 307 g/mol. The van der Waals surface area contributed by atoms with E-state index in [2.05, 4.69) is 27.1 Å². The quantitative estimate of drug-likeness (QED) is 0.447. The van der Waals surface area contributed by atoms with Crippen LogP contribution in [0.5, 0.6) is 0 Å². The van der Waals surface area contributed by atoms with Gasteiger partial charge in [-0.25, -0.2) is 0 Å². The van der Waals surface area contributed by atoms with Crippen molar-refractivity contribution in [1.82, 2.24) is 10.6 Å². The summed E-state index contributed by atoms with van der Waals surface area (Å²) in [4.78, 5) is 5.48. The van der Waals surface area contributed by atoms with Crippen LogP contribution in [0.3, 0.4) is 0 Å². The topological polar surface area (TPSA) is 58.8 Å². The van der Waals surface area contributed by atoms with Gasteiger partial charge in [-0.3, -0.25) is 4.99 Å². The first kappa shape index (κ1) is 15.6. The number of hydrogen-bond acceptors (Lipinski definition) is 4. The monoisotopic (exact) mass is 307 g/mol. The number of aliphatic imine (C=N–C) groups is 1. The largest absolute Gasteiger partial charge is 0.467 e. The lowest BCUT2D eigenvalue weighted by molar-refractivity contribution is 0.105. The smallest absolute Gasteiger partial charge is 0.191 e. The van der Waals surface area contributed by atoms with E-state index in [0.29, 0.717) is 13.2 Å². The maximum atomic E-state index is 5.52. The molecule has 6 heteroatoms. The number of thiophene rings is 1. The predicted molar refractivity (Wildman–Crippen MR) is 85.5 cm³/mol. The Hall–Kier alpha value is -1.79. The van der Waals surface area contributed by atoms with E-state index in [1.54, 1.807) is 24.6 Å². The minimum Gasteiger partial charge on any atom is -0.467 e. The van der Waals surface area contributed by atoms with Crippen molar-refractivity contribution in [3.05, 3.63) is 46.5 Å². The van der Waals surface area contributed by atoms with Crippen molar-refractivity contribution in [2.75, 3.05) is 20.2 Å². The normalized spacial score (nSPS) is 11.6. The van der Waals surface area contributed by atoms with Crippen LogP contribution in [0.4, 0.5) is 0 Å². The second-order valence-electron chi connectivity index (χ2n) is 4.42. The number of rotatable bonds is 8. The Labute approximate surface area is 129 Å². The van der Waals surface area contributed by atoms with Crippen molar-refractivity contribution in [1.29, 1.82) is 0 Å². The highest BCUT2D eigenvalue weighted by molar-refractivity contribution is 7.09. The summed E-state index contributed by atoms with van der Waals surface area (Å²) >= 11 is 1.73. The summed E-state index contributed by atoms with van der Waals surface area (Å²) in [5.41, 5.74) is 0. The molecular weight excluding hydrogens is 286 g/mol. The Morgan fingerprint density at radius 2 is 2.29 bits per heavy atom. The third-order valence-corrected chi connectivity index (χ3v) is 3.69. The zero-order chi connectivity index (χ0) is 14.8. The molecule has 5 nitrogen and oxygen atoms in total. The number of nitrogens with one attached hydrogen (secondary N) is 2. The Balaban J connectivity index is 1.52. The summed E-state index contributed by atoms with van der Waals surface area (Å²) in [5, 5.41) is 8.62. The Morgan fingerprint density at radius 1 is 1.33 bits per heavy atom. The molecule has 0 atom stereocenters. The molecule has 21 heavy (non-hydrogen) atoms. The van der Waals surface area contributed by atoms with Gasteiger partial charge in [-0.2, -0.15) is 0 Å². The van der Waals surface area contributed by atoms with Crippen LogP contribution in [-0.4, -0.2) is 26.2 Å².